The molecule has 0 aliphatic carbocycles. The molecular formula is C38H48ClN5O6S. The van der Waals surface area contributed by atoms with Crippen molar-refractivity contribution in [3.8, 4) is 11.1 Å². The number of piperidine rings is 1. The van der Waals surface area contributed by atoms with Crippen LogP contribution >= 0.6 is 11.6 Å². The van der Waals surface area contributed by atoms with Crippen molar-refractivity contribution in [2.45, 2.75) is 71.6 Å². The van der Waals surface area contributed by atoms with Gasteiger partial charge in [-0.15, -0.1) is 0 Å². The van der Waals surface area contributed by atoms with Gasteiger partial charge in [-0.2, -0.15) is 4.31 Å². The summed E-state index contributed by atoms with van der Waals surface area (Å²) in [7, 11) is -3.17. The van der Waals surface area contributed by atoms with Crippen LogP contribution in [-0.4, -0.2) is 90.5 Å². The van der Waals surface area contributed by atoms with Crippen molar-refractivity contribution in [1.29, 1.82) is 0 Å². The summed E-state index contributed by atoms with van der Waals surface area (Å²) in [6, 6.07) is 19.3. The van der Waals surface area contributed by atoms with Gasteiger partial charge in [-0.1, -0.05) is 42.8 Å². The minimum absolute atomic E-state index is 0.188. The quantitative estimate of drug-likeness (QED) is 0.233. The number of amides is 3. The second-order valence-corrected chi connectivity index (χ2v) is 16.6. The topological polar surface area (TPSA) is 128 Å². The Balaban J connectivity index is 1.16. The van der Waals surface area contributed by atoms with Crippen LogP contribution in [0.2, 0.25) is 5.02 Å². The van der Waals surface area contributed by atoms with Gasteiger partial charge in [0.1, 0.15) is 11.6 Å². The third-order valence-corrected chi connectivity index (χ3v) is 11.3. The van der Waals surface area contributed by atoms with E-state index in [1.165, 1.54) is 4.90 Å². The van der Waals surface area contributed by atoms with E-state index in [-0.39, 0.29) is 17.6 Å². The summed E-state index contributed by atoms with van der Waals surface area (Å²) in [4.78, 5) is 43.0. The second-order valence-electron chi connectivity index (χ2n) is 14.1. The highest BCUT2D eigenvalue weighted by atomic mass is 35.5. The van der Waals surface area contributed by atoms with Crippen molar-refractivity contribution in [3.63, 3.8) is 0 Å². The predicted octanol–water partition coefficient (Wildman–Crippen LogP) is 6.84. The lowest BCUT2D eigenvalue weighted by molar-refractivity contribution is -0.122. The first-order valence-electron chi connectivity index (χ1n) is 17.5. The average molecular weight is 738 g/mol. The number of anilines is 2. The highest BCUT2D eigenvalue weighted by molar-refractivity contribution is 7.89. The van der Waals surface area contributed by atoms with E-state index in [1.54, 1.807) is 55.4 Å². The maximum Gasteiger partial charge on any atom is 0.410 e. The lowest BCUT2D eigenvalue weighted by Gasteiger charge is -2.35. The van der Waals surface area contributed by atoms with E-state index >= 15 is 0 Å². The smallest absolute Gasteiger partial charge is 0.410 e. The fourth-order valence-electron chi connectivity index (χ4n) is 6.30. The molecule has 2 fully saturated rings. The fraction of sp³-hybridized carbons (Fsp3) is 0.447. The molecule has 2 aliphatic rings. The molecule has 0 saturated carbocycles. The minimum atomic E-state index is -3.17. The van der Waals surface area contributed by atoms with Crippen LogP contribution in [0.1, 0.15) is 69.3 Å². The second kappa shape index (κ2) is 16.6. The highest BCUT2D eigenvalue weighted by Gasteiger charge is 2.35. The van der Waals surface area contributed by atoms with Crippen LogP contribution in [0, 0.1) is 0 Å². The normalized spacial score (nSPS) is 17.5. The largest absolute Gasteiger partial charge is 0.444 e. The minimum Gasteiger partial charge on any atom is -0.444 e. The third-order valence-electron chi connectivity index (χ3n) is 8.93. The van der Waals surface area contributed by atoms with Crippen LogP contribution in [0.3, 0.4) is 0 Å². The summed E-state index contributed by atoms with van der Waals surface area (Å²) in [5.74, 6) is -0.353. The van der Waals surface area contributed by atoms with Gasteiger partial charge in [0.05, 0.1) is 5.75 Å². The SMILES string of the molecule is CCCS(=O)(=O)N1CCN(Cc2ccc(NC(=O)c3ccc(-c4cc(NC(=O)C5CCCCN5C(=O)OC(C)(C)C)ccc4Cl)cc3)cc2)CC1. The summed E-state index contributed by atoms with van der Waals surface area (Å²) < 4.78 is 31.9. The molecule has 11 nitrogen and oxygen atoms in total. The van der Waals surface area contributed by atoms with E-state index in [0.717, 1.165) is 24.0 Å². The third kappa shape index (κ3) is 10.3. The van der Waals surface area contributed by atoms with Crippen LogP contribution in [0.25, 0.3) is 11.1 Å². The summed E-state index contributed by atoms with van der Waals surface area (Å²) in [6.45, 7) is 10.8. The van der Waals surface area contributed by atoms with Crippen LogP contribution in [0.5, 0.6) is 0 Å². The Morgan fingerprint density at radius 1 is 0.863 bits per heavy atom. The van der Waals surface area contributed by atoms with Crippen LogP contribution in [0.4, 0.5) is 16.2 Å². The number of likely N-dealkylation sites (tertiary alicyclic amines) is 1. The molecule has 1 atom stereocenters. The number of piperazine rings is 1. The van der Waals surface area contributed by atoms with Crippen LogP contribution in [0.15, 0.2) is 66.7 Å². The molecule has 3 aromatic rings. The van der Waals surface area contributed by atoms with Gasteiger partial charge in [0.2, 0.25) is 15.9 Å². The summed E-state index contributed by atoms with van der Waals surface area (Å²) in [6.07, 6.45) is 2.31. The number of carbonyl (C=O) groups excluding carboxylic acids is 3. The van der Waals surface area contributed by atoms with Gasteiger partial charge in [-0.3, -0.25) is 19.4 Å². The molecule has 2 heterocycles. The number of sulfonamides is 1. The molecule has 0 aromatic heterocycles. The molecule has 0 bridgehead atoms. The lowest BCUT2D eigenvalue weighted by Crippen LogP contribution is -2.51. The zero-order valence-electron chi connectivity index (χ0n) is 29.8. The zero-order valence-corrected chi connectivity index (χ0v) is 31.4. The van der Waals surface area contributed by atoms with Crippen molar-refractivity contribution < 1.29 is 27.5 Å². The highest BCUT2D eigenvalue weighted by Crippen LogP contribution is 2.32. The van der Waals surface area contributed by atoms with E-state index in [2.05, 4.69) is 15.5 Å². The molecule has 51 heavy (non-hydrogen) atoms. The molecular weight excluding hydrogens is 690 g/mol. The van der Waals surface area contributed by atoms with Crippen molar-refractivity contribution in [1.82, 2.24) is 14.1 Å². The Kier molecular flexibility index (Phi) is 12.4. The number of ether oxygens (including phenoxy) is 1. The Bertz CT molecular complexity index is 1800. The molecule has 3 amide bonds. The summed E-state index contributed by atoms with van der Waals surface area (Å²) >= 11 is 6.57. The van der Waals surface area contributed by atoms with Gasteiger partial charge in [0.15, 0.2) is 0 Å². The number of rotatable bonds is 10. The molecule has 274 valence electrons. The van der Waals surface area contributed by atoms with Crippen molar-refractivity contribution >= 4 is 50.9 Å². The number of benzene rings is 3. The van der Waals surface area contributed by atoms with Crippen molar-refractivity contribution in [3.05, 3.63) is 82.9 Å². The maximum atomic E-state index is 13.4. The number of hydrogen-bond donors (Lipinski definition) is 2. The maximum absolute atomic E-state index is 13.4. The number of nitrogens with zero attached hydrogens (tertiary/aromatic N) is 3. The molecule has 2 saturated heterocycles. The molecule has 0 radical (unpaired) electrons. The Labute approximate surface area is 306 Å². The summed E-state index contributed by atoms with van der Waals surface area (Å²) in [5, 5.41) is 6.38. The first-order chi connectivity index (χ1) is 24.2. The molecule has 5 rings (SSSR count). The van der Waals surface area contributed by atoms with E-state index in [4.69, 9.17) is 16.3 Å². The van der Waals surface area contributed by atoms with Gasteiger partial charge >= 0.3 is 6.09 Å². The van der Waals surface area contributed by atoms with Crippen LogP contribution in [-0.2, 0) is 26.1 Å². The first kappa shape index (κ1) is 38.3. The van der Waals surface area contributed by atoms with E-state index in [0.29, 0.717) is 79.6 Å². The van der Waals surface area contributed by atoms with E-state index < -0.39 is 27.8 Å². The molecule has 0 spiro atoms. The predicted molar refractivity (Wildman–Crippen MR) is 201 cm³/mol. The Hall–Kier alpha value is -3.97. The van der Waals surface area contributed by atoms with Crippen molar-refractivity contribution in [2.75, 3.05) is 49.1 Å². The lowest BCUT2D eigenvalue weighted by atomic mass is 10.0. The molecule has 2 N–H and O–H groups in total. The fourth-order valence-corrected chi connectivity index (χ4v) is 8.02. The first-order valence-corrected chi connectivity index (χ1v) is 19.5. The Morgan fingerprint density at radius 3 is 2.18 bits per heavy atom. The van der Waals surface area contributed by atoms with Gasteiger partial charge in [-0.25, -0.2) is 13.2 Å². The van der Waals surface area contributed by atoms with Gasteiger partial charge < -0.3 is 15.4 Å². The Morgan fingerprint density at radius 2 is 1.53 bits per heavy atom. The molecule has 13 heteroatoms. The van der Waals surface area contributed by atoms with Gasteiger partial charge in [0, 0.05) is 66.8 Å². The number of carbonyl (C=O) groups is 3. The standard InChI is InChI=1S/C38H48ClN5O6S/c1-5-24-51(48,49)43-22-20-42(21-23-43)26-27-9-15-30(16-10-27)40-35(45)29-13-11-28(12-14-29)32-25-31(17-18-33(32)39)41-36(46)34-8-6-7-19-44(34)37(47)50-38(2,3)4/h9-18,25,34H,5-8,19-24,26H2,1-4H3,(H,40,45)(H,41,46). The van der Waals surface area contributed by atoms with Crippen LogP contribution < -0.4 is 10.6 Å². The van der Waals surface area contributed by atoms with E-state index in [1.807, 2.05) is 43.3 Å². The number of nitrogens with one attached hydrogen (secondary N) is 2. The number of hydrogen-bond acceptors (Lipinski definition) is 7. The molecule has 2 aliphatic heterocycles. The molecule has 1 unspecified atom stereocenters. The van der Waals surface area contributed by atoms with Gasteiger partial charge in [-0.05, 0) is 100 Å². The monoisotopic (exact) mass is 737 g/mol. The zero-order chi connectivity index (χ0) is 36.8. The van der Waals surface area contributed by atoms with E-state index in [9.17, 15) is 22.8 Å². The average Bonchev–Trinajstić information content (AvgIpc) is 3.09. The molecule has 3 aromatic carbocycles. The van der Waals surface area contributed by atoms with Crippen molar-refractivity contribution in [2.24, 2.45) is 0 Å². The van der Waals surface area contributed by atoms with Gasteiger partial charge in [0.25, 0.3) is 5.91 Å². The number of halogens is 1. The summed E-state index contributed by atoms with van der Waals surface area (Å²) in [5.41, 5.74) is 3.56.